The van der Waals surface area contributed by atoms with E-state index in [-0.39, 0.29) is 23.9 Å². The van der Waals surface area contributed by atoms with Gasteiger partial charge in [0.2, 0.25) is 5.91 Å². The number of aromatic nitrogens is 1. The van der Waals surface area contributed by atoms with Crippen LogP contribution in [0.3, 0.4) is 0 Å². The number of nitrogens with zero attached hydrogens (tertiary/aromatic N) is 1. The van der Waals surface area contributed by atoms with Gasteiger partial charge in [-0.05, 0) is 42.3 Å². The third kappa shape index (κ3) is 3.53. The number of carbonyl (C=O) groups is 2. The molecule has 0 radical (unpaired) electrons. The quantitative estimate of drug-likeness (QED) is 0.899. The lowest BCUT2D eigenvalue weighted by atomic mass is 9.92. The Balaban J connectivity index is 1.75. The van der Waals surface area contributed by atoms with Crippen molar-refractivity contribution in [3.63, 3.8) is 0 Å². The van der Waals surface area contributed by atoms with Crippen LogP contribution in [0.4, 0.5) is 0 Å². The first-order valence-corrected chi connectivity index (χ1v) is 7.81. The fourth-order valence-corrected chi connectivity index (χ4v) is 2.82. The fourth-order valence-electron chi connectivity index (χ4n) is 2.82. The smallest absolute Gasteiger partial charge is 0.251 e. The van der Waals surface area contributed by atoms with Crippen LogP contribution in [-0.4, -0.2) is 29.9 Å². The molecular weight excluding hydrogens is 306 g/mol. The number of pyridine rings is 1. The standard InChI is InChI=1S/C18H19N3O3/c1-24-14-6-4-12(5-7-14)18(23)20-15-8-9-16(22)21-17(15)13-3-2-10-19-11-13/h2-7,10-11,15,17H,8-9H2,1H3,(H,20,23)(H,21,22)/t15-,17?/m0/s1. The van der Waals surface area contributed by atoms with Gasteiger partial charge in [-0.15, -0.1) is 0 Å². The first-order valence-electron chi connectivity index (χ1n) is 7.81. The molecular formula is C18H19N3O3. The van der Waals surface area contributed by atoms with Gasteiger partial charge in [-0.1, -0.05) is 6.07 Å². The Morgan fingerprint density at radius 1 is 1.29 bits per heavy atom. The van der Waals surface area contributed by atoms with Gasteiger partial charge in [0.1, 0.15) is 5.75 Å². The lowest BCUT2D eigenvalue weighted by Gasteiger charge is -2.33. The van der Waals surface area contributed by atoms with E-state index in [2.05, 4.69) is 15.6 Å². The van der Waals surface area contributed by atoms with Crippen LogP contribution in [0.25, 0.3) is 0 Å². The van der Waals surface area contributed by atoms with E-state index in [0.29, 0.717) is 24.2 Å². The number of benzene rings is 1. The molecule has 1 saturated heterocycles. The molecule has 1 aromatic carbocycles. The monoisotopic (exact) mass is 325 g/mol. The summed E-state index contributed by atoms with van der Waals surface area (Å²) in [5.74, 6) is 0.510. The molecule has 2 heterocycles. The second-order valence-corrected chi connectivity index (χ2v) is 5.68. The maximum Gasteiger partial charge on any atom is 0.251 e. The van der Waals surface area contributed by atoms with Crippen molar-refractivity contribution < 1.29 is 14.3 Å². The van der Waals surface area contributed by atoms with Gasteiger partial charge in [0, 0.05) is 24.4 Å². The summed E-state index contributed by atoms with van der Waals surface area (Å²) in [6.45, 7) is 0. The summed E-state index contributed by atoms with van der Waals surface area (Å²) >= 11 is 0. The third-order valence-corrected chi connectivity index (χ3v) is 4.11. The maximum atomic E-state index is 12.5. The van der Waals surface area contributed by atoms with Crippen molar-refractivity contribution in [3.8, 4) is 5.75 Å². The highest BCUT2D eigenvalue weighted by molar-refractivity contribution is 5.94. The Morgan fingerprint density at radius 3 is 2.75 bits per heavy atom. The highest BCUT2D eigenvalue weighted by atomic mass is 16.5. The molecule has 6 heteroatoms. The summed E-state index contributed by atoms with van der Waals surface area (Å²) in [7, 11) is 1.58. The topological polar surface area (TPSA) is 80.3 Å². The number of hydrogen-bond acceptors (Lipinski definition) is 4. The summed E-state index contributed by atoms with van der Waals surface area (Å²) in [4.78, 5) is 28.3. The highest BCUT2D eigenvalue weighted by Gasteiger charge is 2.31. The van der Waals surface area contributed by atoms with Gasteiger partial charge >= 0.3 is 0 Å². The number of methoxy groups -OCH3 is 1. The van der Waals surface area contributed by atoms with Crippen molar-refractivity contribution >= 4 is 11.8 Å². The Morgan fingerprint density at radius 2 is 2.08 bits per heavy atom. The van der Waals surface area contributed by atoms with Crippen molar-refractivity contribution in [3.05, 3.63) is 59.9 Å². The van der Waals surface area contributed by atoms with Crippen LogP contribution in [0.15, 0.2) is 48.8 Å². The Hall–Kier alpha value is -2.89. The van der Waals surface area contributed by atoms with Crippen LogP contribution in [-0.2, 0) is 4.79 Å². The summed E-state index contributed by atoms with van der Waals surface area (Å²) in [5.41, 5.74) is 1.43. The highest BCUT2D eigenvalue weighted by Crippen LogP contribution is 2.24. The van der Waals surface area contributed by atoms with Gasteiger partial charge in [-0.25, -0.2) is 0 Å². The minimum atomic E-state index is -0.276. The average molecular weight is 325 g/mol. The van der Waals surface area contributed by atoms with Crippen LogP contribution >= 0.6 is 0 Å². The molecule has 124 valence electrons. The third-order valence-electron chi connectivity index (χ3n) is 4.11. The zero-order valence-electron chi connectivity index (χ0n) is 13.4. The molecule has 1 unspecified atom stereocenters. The van der Waals surface area contributed by atoms with Gasteiger partial charge < -0.3 is 15.4 Å². The van der Waals surface area contributed by atoms with Crippen molar-refractivity contribution in [1.29, 1.82) is 0 Å². The summed E-state index contributed by atoms with van der Waals surface area (Å²) < 4.78 is 5.10. The maximum absolute atomic E-state index is 12.5. The average Bonchev–Trinajstić information content (AvgIpc) is 2.64. The van der Waals surface area contributed by atoms with Crippen molar-refractivity contribution in [2.24, 2.45) is 0 Å². The van der Waals surface area contributed by atoms with Crippen LogP contribution < -0.4 is 15.4 Å². The summed E-state index contributed by atoms with van der Waals surface area (Å²) in [6.07, 6.45) is 4.37. The molecule has 2 N–H and O–H groups in total. The normalized spacial score (nSPS) is 20.1. The lowest BCUT2D eigenvalue weighted by molar-refractivity contribution is -0.123. The largest absolute Gasteiger partial charge is 0.497 e. The van der Waals surface area contributed by atoms with Gasteiger partial charge in [0.05, 0.1) is 19.2 Å². The van der Waals surface area contributed by atoms with Gasteiger partial charge in [0.15, 0.2) is 0 Å². The molecule has 24 heavy (non-hydrogen) atoms. The predicted octanol–water partition coefficient (Wildman–Crippen LogP) is 1.84. The molecule has 1 aliphatic rings. The molecule has 6 nitrogen and oxygen atoms in total. The van der Waals surface area contributed by atoms with E-state index >= 15 is 0 Å². The van der Waals surface area contributed by atoms with Crippen LogP contribution in [0, 0.1) is 0 Å². The Bertz CT molecular complexity index is 716. The zero-order valence-corrected chi connectivity index (χ0v) is 13.4. The SMILES string of the molecule is COc1ccc(C(=O)N[C@H]2CCC(=O)NC2c2cccnc2)cc1. The van der Waals surface area contributed by atoms with E-state index in [1.54, 1.807) is 43.8 Å². The molecule has 2 aromatic rings. The zero-order chi connectivity index (χ0) is 16.9. The number of hydrogen-bond donors (Lipinski definition) is 2. The molecule has 2 atom stereocenters. The summed E-state index contributed by atoms with van der Waals surface area (Å²) in [5, 5.41) is 5.96. The van der Waals surface area contributed by atoms with E-state index in [9.17, 15) is 9.59 Å². The van der Waals surface area contributed by atoms with E-state index in [0.717, 1.165) is 5.56 Å². The van der Waals surface area contributed by atoms with Crippen LogP contribution in [0.5, 0.6) is 5.75 Å². The van der Waals surface area contributed by atoms with E-state index in [1.807, 2.05) is 12.1 Å². The Kier molecular flexibility index (Phi) is 4.74. The number of rotatable bonds is 4. The van der Waals surface area contributed by atoms with E-state index in [4.69, 9.17) is 4.74 Å². The van der Waals surface area contributed by atoms with Crippen LogP contribution in [0.2, 0.25) is 0 Å². The van der Waals surface area contributed by atoms with Gasteiger partial charge in [-0.3, -0.25) is 14.6 Å². The van der Waals surface area contributed by atoms with Gasteiger partial charge in [-0.2, -0.15) is 0 Å². The van der Waals surface area contributed by atoms with E-state index in [1.165, 1.54) is 0 Å². The first kappa shape index (κ1) is 16.0. The van der Waals surface area contributed by atoms with Crippen molar-refractivity contribution in [2.75, 3.05) is 7.11 Å². The molecule has 1 fully saturated rings. The molecule has 0 spiro atoms. The fraction of sp³-hybridized carbons (Fsp3) is 0.278. The number of carbonyl (C=O) groups excluding carboxylic acids is 2. The molecule has 1 aliphatic heterocycles. The number of ether oxygens (including phenoxy) is 1. The van der Waals surface area contributed by atoms with Crippen molar-refractivity contribution in [1.82, 2.24) is 15.6 Å². The molecule has 1 aromatic heterocycles. The predicted molar refractivity (Wildman–Crippen MR) is 88.6 cm³/mol. The molecule has 0 aliphatic carbocycles. The summed E-state index contributed by atoms with van der Waals surface area (Å²) in [6, 6.07) is 10.2. The molecule has 0 bridgehead atoms. The molecule has 0 saturated carbocycles. The number of piperidine rings is 1. The second-order valence-electron chi connectivity index (χ2n) is 5.68. The minimum absolute atomic E-state index is 0.0150. The van der Waals surface area contributed by atoms with Gasteiger partial charge in [0.25, 0.3) is 5.91 Å². The molecule has 3 rings (SSSR count). The van der Waals surface area contributed by atoms with E-state index < -0.39 is 0 Å². The second kappa shape index (κ2) is 7.12. The Labute approximate surface area is 140 Å². The first-order chi connectivity index (χ1) is 11.7. The molecule has 2 amide bonds. The van der Waals surface area contributed by atoms with Crippen molar-refractivity contribution in [2.45, 2.75) is 24.9 Å². The number of nitrogens with one attached hydrogen (secondary N) is 2. The van der Waals surface area contributed by atoms with Crippen LogP contribution in [0.1, 0.15) is 34.8 Å². The minimum Gasteiger partial charge on any atom is -0.497 e. The lowest BCUT2D eigenvalue weighted by Crippen LogP contribution is -2.50. The number of amides is 2.